The lowest BCUT2D eigenvalue weighted by atomic mass is 10.3. The quantitative estimate of drug-likeness (QED) is 0.806. The number of rotatable bonds is 1. The van der Waals surface area contributed by atoms with E-state index in [4.69, 9.17) is 11.6 Å². The van der Waals surface area contributed by atoms with Gasteiger partial charge >= 0.3 is 0 Å². The molecule has 0 saturated heterocycles. The summed E-state index contributed by atoms with van der Waals surface area (Å²) in [5, 5.41) is 5.64. The number of aryl methyl sites for hydroxylation is 1. The Morgan fingerprint density at radius 3 is 2.79 bits per heavy atom. The molecule has 1 aliphatic heterocycles. The van der Waals surface area contributed by atoms with Crippen LogP contribution in [0.5, 0.6) is 0 Å². The van der Waals surface area contributed by atoms with E-state index in [2.05, 4.69) is 15.0 Å². The van der Waals surface area contributed by atoms with Crippen LogP contribution in [-0.2, 0) is 6.67 Å². The molecular formula is C12H11ClN4OS. The minimum atomic E-state index is -0.251. The van der Waals surface area contributed by atoms with Crippen molar-refractivity contribution in [2.45, 2.75) is 18.7 Å². The Labute approximate surface area is 119 Å². The third-order valence-corrected chi connectivity index (χ3v) is 4.10. The average Bonchev–Trinajstić information content (AvgIpc) is 2.40. The zero-order valence-electron chi connectivity index (χ0n) is 10.2. The average molecular weight is 295 g/mol. The summed E-state index contributed by atoms with van der Waals surface area (Å²) in [5.41, 5.74) is 1.24. The third-order valence-electron chi connectivity index (χ3n) is 2.84. The molecule has 19 heavy (non-hydrogen) atoms. The second kappa shape index (κ2) is 4.86. The molecule has 0 radical (unpaired) electrons. The molecule has 0 atom stereocenters. The van der Waals surface area contributed by atoms with E-state index < -0.39 is 0 Å². The number of benzene rings is 1. The molecule has 0 saturated carbocycles. The van der Waals surface area contributed by atoms with Crippen molar-refractivity contribution < 1.29 is 0 Å². The van der Waals surface area contributed by atoms with E-state index in [1.54, 1.807) is 11.6 Å². The van der Waals surface area contributed by atoms with Gasteiger partial charge in [0.15, 0.2) is 5.16 Å². The first-order chi connectivity index (χ1) is 9.13. The fraction of sp³-hybridized carbons (Fsp3) is 0.250. The fourth-order valence-electron chi connectivity index (χ4n) is 1.84. The molecule has 0 N–H and O–H groups in total. The van der Waals surface area contributed by atoms with E-state index in [-0.39, 0.29) is 5.56 Å². The van der Waals surface area contributed by atoms with Gasteiger partial charge in [-0.2, -0.15) is 10.1 Å². The van der Waals surface area contributed by atoms with Crippen molar-refractivity contribution in [3.63, 3.8) is 0 Å². The fourth-order valence-corrected chi connectivity index (χ4v) is 2.86. The van der Waals surface area contributed by atoms with Gasteiger partial charge < -0.3 is 4.90 Å². The van der Waals surface area contributed by atoms with Crippen LogP contribution in [0.4, 0.5) is 5.69 Å². The molecular weight excluding hydrogens is 284 g/mol. The predicted octanol–water partition coefficient (Wildman–Crippen LogP) is 2.13. The van der Waals surface area contributed by atoms with Crippen LogP contribution in [0.2, 0.25) is 5.02 Å². The van der Waals surface area contributed by atoms with Crippen LogP contribution in [-0.4, -0.2) is 20.6 Å². The molecule has 7 heteroatoms. The Kier molecular flexibility index (Phi) is 3.20. The number of anilines is 1. The molecule has 1 aliphatic rings. The summed E-state index contributed by atoms with van der Waals surface area (Å²) in [6.45, 7) is 2.26. The van der Waals surface area contributed by atoms with Gasteiger partial charge in [0.05, 0.1) is 5.88 Å². The minimum absolute atomic E-state index is 0.251. The van der Waals surface area contributed by atoms with Gasteiger partial charge in [-0.05, 0) is 31.2 Å². The highest BCUT2D eigenvalue weighted by molar-refractivity contribution is 7.99. The number of fused-ring (bicyclic) bond motifs is 1. The van der Waals surface area contributed by atoms with E-state index in [0.717, 1.165) is 11.6 Å². The standard InChI is InChI=1S/C12H11ClN4OS/c1-8-11(18)14-12-17(15-8)6-16(7-19-12)10-4-2-9(13)3-5-10/h2-5H,6-7H2,1H3. The number of hydrogen-bond donors (Lipinski definition) is 0. The highest BCUT2D eigenvalue weighted by atomic mass is 35.5. The van der Waals surface area contributed by atoms with Crippen molar-refractivity contribution in [3.05, 3.63) is 45.3 Å². The summed E-state index contributed by atoms with van der Waals surface area (Å²) in [5.74, 6) is 0.735. The maximum atomic E-state index is 11.5. The lowest BCUT2D eigenvalue weighted by Crippen LogP contribution is -2.35. The zero-order chi connectivity index (χ0) is 13.4. The van der Waals surface area contributed by atoms with Crippen molar-refractivity contribution in [1.29, 1.82) is 0 Å². The third kappa shape index (κ3) is 2.46. The molecule has 3 rings (SSSR count). The molecule has 0 unspecified atom stereocenters. The van der Waals surface area contributed by atoms with E-state index >= 15 is 0 Å². The molecule has 2 aromatic rings. The van der Waals surface area contributed by atoms with Crippen LogP contribution >= 0.6 is 23.4 Å². The Hall–Kier alpha value is -1.53. The topological polar surface area (TPSA) is 51.0 Å². The normalized spacial score (nSPS) is 14.3. The number of aromatic nitrogens is 3. The summed E-state index contributed by atoms with van der Waals surface area (Å²) in [4.78, 5) is 17.6. The Balaban J connectivity index is 1.91. The van der Waals surface area contributed by atoms with Gasteiger partial charge in [-0.15, -0.1) is 0 Å². The predicted molar refractivity (Wildman–Crippen MR) is 75.7 cm³/mol. The van der Waals surface area contributed by atoms with Crippen LogP contribution in [0.15, 0.2) is 34.2 Å². The molecule has 0 bridgehead atoms. The van der Waals surface area contributed by atoms with E-state index in [1.165, 1.54) is 11.8 Å². The van der Waals surface area contributed by atoms with Gasteiger partial charge in [0.25, 0.3) is 5.56 Å². The highest BCUT2D eigenvalue weighted by Gasteiger charge is 2.19. The van der Waals surface area contributed by atoms with Crippen LogP contribution < -0.4 is 10.5 Å². The summed E-state index contributed by atoms with van der Waals surface area (Å²) < 4.78 is 1.75. The summed E-state index contributed by atoms with van der Waals surface area (Å²) in [7, 11) is 0. The molecule has 0 fully saturated rings. The van der Waals surface area contributed by atoms with Crippen LogP contribution in [0.1, 0.15) is 5.69 Å². The van der Waals surface area contributed by atoms with Gasteiger partial charge in [0.1, 0.15) is 12.4 Å². The van der Waals surface area contributed by atoms with E-state index in [0.29, 0.717) is 22.5 Å². The van der Waals surface area contributed by atoms with Crippen LogP contribution in [0, 0.1) is 6.92 Å². The highest BCUT2D eigenvalue weighted by Crippen LogP contribution is 2.27. The Morgan fingerprint density at radius 1 is 1.32 bits per heavy atom. The summed E-state index contributed by atoms with van der Waals surface area (Å²) >= 11 is 7.38. The van der Waals surface area contributed by atoms with Gasteiger partial charge in [0, 0.05) is 10.7 Å². The molecule has 1 aromatic carbocycles. The molecule has 2 heterocycles. The molecule has 1 aromatic heterocycles. The second-order valence-electron chi connectivity index (χ2n) is 4.22. The van der Waals surface area contributed by atoms with Gasteiger partial charge in [0.2, 0.25) is 0 Å². The molecule has 0 spiro atoms. The molecule has 0 aliphatic carbocycles. The van der Waals surface area contributed by atoms with Crippen LogP contribution in [0.25, 0.3) is 0 Å². The van der Waals surface area contributed by atoms with E-state index in [1.807, 2.05) is 24.3 Å². The maximum Gasteiger partial charge on any atom is 0.295 e. The lowest BCUT2D eigenvalue weighted by molar-refractivity contribution is 0.489. The number of nitrogens with zero attached hydrogens (tertiary/aromatic N) is 4. The summed E-state index contributed by atoms with van der Waals surface area (Å²) in [6.07, 6.45) is 0. The maximum absolute atomic E-state index is 11.5. The molecule has 98 valence electrons. The van der Waals surface area contributed by atoms with Gasteiger partial charge in [-0.1, -0.05) is 23.4 Å². The van der Waals surface area contributed by atoms with Crippen molar-refractivity contribution in [3.8, 4) is 0 Å². The zero-order valence-corrected chi connectivity index (χ0v) is 11.8. The van der Waals surface area contributed by atoms with Crippen molar-refractivity contribution in [2.24, 2.45) is 0 Å². The monoisotopic (exact) mass is 294 g/mol. The smallest absolute Gasteiger partial charge is 0.295 e. The summed E-state index contributed by atoms with van der Waals surface area (Å²) in [6, 6.07) is 7.66. The number of hydrogen-bond acceptors (Lipinski definition) is 5. The number of halogens is 1. The Morgan fingerprint density at radius 2 is 2.05 bits per heavy atom. The van der Waals surface area contributed by atoms with Gasteiger partial charge in [-0.3, -0.25) is 4.79 Å². The first kappa shape index (κ1) is 12.5. The molecule has 5 nitrogen and oxygen atoms in total. The van der Waals surface area contributed by atoms with Crippen LogP contribution in [0.3, 0.4) is 0 Å². The van der Waals surface area contributed by atoms with E-state index in [9.17, 15) is 4.79 Å². The van der Waals surface area contributed by atoms with Crippen molar-refractivity contribution >= 4 is 29.1 Å². The first-order valence-corrected chi connectivity index (χ1v) is 7.09. The first-order valence-electron chi connectivity index (χ1n) is 5.72. The second-order valence-corrected chi connectivity index (χ2v) is 5.56. The van der Waals surface area contributed by atoms with Crippen molar-refractivity contribution in [1.82, 2.24) is 14.8 Å². The van der Waals surface area contributed by atoms with Crippen molar-refractivity contribution in [2.75, 3.05) is 10.8 Å². The molecule has 0 amide bonds. The minimum Gasteiger partial charge on any atom is -0.342 e. The largest absolute Gasteiger partial charge is 0.342 e. The van der Waals surface area contributed by atoms with Gasteiger partial charge in [-0.25, -0.2) is 4.68 Å². The lowest BCUT2D eigenvalue weighted by Gasteiger charge is -2.29. The SMILES string of the molecule is Cc1nn2c(nc1=O)SCN(c1ccc(Cl)cc1)C2. The Bertz CT molecular complexity index is 670. The number of thioether (sulfide) groups is 1.